The van der Waals surface area contributed by atoms with Crippen LogP contribution in [0.1, 0.15) is 32.2 Å². The Bertz CT molecular complexity index is 1880. The van der Waals surface area contributed by atoms with Crippen molar-refractivity contribution in [1.82, 2.24) is 9.97 Å². The summed E-state index contributed by atoms with van der Waals surface area (Å²) in [5, 5.41) is 3.07. The normalized spacial score (nSPS) is 12.3. The van der Waals surface area contributed by atoms with Crippen LogP contribution in [-0.2, 0) is 26.3 Å². The topological polar surface area (TPSA) is 25.8 Å². The van der Waals surface area contributed by atoms with E-state index in [1.54, 1.807) is 32.2 Å². The van der Waals surface area contributed by atoms with Gasteiger partial charge in [-0.3, -0.25) is 0 Å². The van der Waals surface area contributed by atoms with E-state index in [0.717, 1.165) is 43.9 Å². The molecule has 3 heterocycles. The average molecular weight is 790 g/mol. The summed E-state index contributed by atoms with van der Waals surface area (Å²) in [6.07, 6.45) is -0.694. The maximum Gasteiger partial charge on any atom is 0.416 e. The van der Waals surface area contributed by atoms with Crippen molar-refractivity contribution in [3.05, 3.63) is 115 Å². The molecule has 2 nitrogen and oxygen atoms in total. The Morgan fingerprint density at radius 3 is 2.28 bits per heavy atom. The van der Waals surface area contributed by atoms with Gasteiger partial charge in [-0.1, -0.05) is 68.7 Å². The molecule has 0 amide bonds. The number of hydrogen-bond donors (Lipinski definition) is 0. The van der Waals surface area contributed by atoms with E-state index in [-0.39, 0.29) is 20.1 Å². The minimum Gasteiger partial charge on any atom is -0.305 e. The van der Waals surface area contributed by atoms with Crippen molar-refractivity contribution < 1.29 is 34.6 Å². The first-order chi connectivity index (χ1) is 20.2. The van der Waals surface area contributed by atoms with Crippen molar-refractivity contribution in [2.45, 2.75) is 45.6 Å². The van der Waals surface area contributed by atoms with Gasteiger partial charge in [-0.25, -0.2) is 0 Å². The molecule has 0 atom stereocenters. The first-order valence-corrected chi connectivity index (χ1v) is 17.9. The molecule has 0 aliphatic rings. The third-order valence-corrected chi connectivity index (χ3v) is 10.2. The van der Waals surface area contributed by atoms with Gasteiger partial charge in [0.05, 0.1) is 13.6 Å². The largest absolute Gasteiger partial charge is 0.416 e. The summed E-state index contributed by atoms with van der Waals surface area (Å²) in [4.78, 5) is 8.93. The summed E-state index contributed by atoms with van der Waals surface area (Å²) in [5.41, 5.74) is 3.64. The predicted molar refractivity (Wildman–Crippen MR) is 172 cm³/mol. The average Bonchev–Trinajstić information content (AvgIpc) is 3.35. The Morgan fingerprint density at radius 2 is 1.65 bits per heavy atom. The summed E-state index contributed by atoms with van der Waals surface area (Å²) in [6.45, 7) is 10.6. The van der Waals surface area contributed by atoms with Crippen molar-refractivity contribution in [1.29, 1.82) is 0 Å². The van der Waals surface area contributed by atoms with Crippen LogP contribution in [0.15, 0.2) is 91.3 Å². The minimum atomic E-state index is -4.37. The van der Waals surface area contributed by atoms with E-state index in [2.05, 4.69) is 53.9 Å². The molecule has 0 spiro atoms. The predicted octanol–water partition coefficient (Wildman–Crippen LogP) is 10.2. The molecule has 0 unspecified atom stereocenters. The Kier molecular flexibility index (Phi) is 9.62. The second-order valence-corrected chi connectivity index (χ2v) is 17.4. The molecular weight excluding hydrogens is 758 g/mol. The monoisotopic (exact) mass is 790 g/mol. The molecule has 3 aromatic heterocycles. The van der Waals surface area contributed by atoms with Crippen LogP contribution >= 0.6 is 11.3 Å². The fourth-order valence-corrected chi connectivity index (χ4v) is 6.82. The second-order valence-electron chi connectivity index (χ2n) is 11.3. The van der Waals surface area contributed by atoms with E-state index in [9.17, 15) is 13.2 Å². The molecule has 43 heavy (non-hydrogen) atoms. The van der Waals surface area contributed by atoms with Gasteiger partial charge in [0.2, 0.25) is 0 Å². The van der Waals surface area contributed by atoms with Crippen LogP contribution in [0.3, 0.4) is 0 Å². The molecule has 0 saturated carbocycles. The van der Waals surface area contributed by atoms with Crippen molar-refractivity contribution in [2.75, 3.05) is 0 Å². The van der Waals surface area contributed by atoms with Crippen molar-refractivity contribution in [3.63, 3.8) is 0 Å². The van der Waals surface area contributed by atoms with Gasteiger partial charge in [0.25, 0.3) is 0 Å². The molecule has 0 N–H and O–H groups in total. The fourth-order valence-electron chi connectivity index (χ4n) is 4.54. The van der Waals surface area contributed by atoms with Crippen LogP contribution in [0.2, 0.25) is 19.6 Å². The quantitative estimate of drug-likeness (QED) is 0.131. The van der Waals surface area contributed by atoms with Gasteiger partial charge in [-0.15, -0.1) is 59.7 Å². The number of halogens is 3. The van der Waals surface area contributed by atoms with E-state index in [1.165, 1.54) is 28.7 Å². The number of fused-ring (bicyclic) bond motifs is 3. The molecule has 0 bridgehead atoms. The first kappa shape index (κ1) is 31.3. The van der Waals surface area contributed by atoms with Crippen molar-refractivity contribution in [3.8, 4) is 22.5 Å². The minimum absolute atomic E-state index is 0. The molecule has 6 rings (SSSR count). The van der Waals surface area contributed by atoms with Crippen LogP contribution in [0, 0.1) is 12.1 Å². The molecule has 223 valence electrons. The third kappa shape index (κ3) is 7.50. The van der Waals surface area contributed by atoms with E-state index in [1.807, 2.05) is 42.6 Å². The number of alkyl halides is 3. The fraction of sp³-hybridized carbons (Fsp3) is 0.200. The molecular formula is C35H31F3IrN2SSi-2. The van der Waals surface area contributed by atoms with Gasteiger partial charge in [0.1, 0.15) is 0 Å². The molecule has 1 radical (unpaired) electrons. The third-order valence-electron chi connectivity index (χ3n) is 6.97. The number of pyridine rings is 2. The molecule has 0 aliphatic carbocycles. The number of hydrogen-bond acceptors (Lipinski definition) is 3. The van der Waals surface area contributed by atoms with Crippen molar-refractivity contribution in [2.24, 2.45) is 0 Å². The summed E-state index contributed by atoms with van der Waals surface area (Å²) in [6, 6.07) is 29.7. The first-order valence-electron chi connectivity index (χ1n) is 14.1. The van der Waals surface area contributed by atoms with Crippen LogP contribution in [0.25, 0.3) is 42.7 Å². The molecule has 0 saturated heterocycles. The Hall–Kier alpha value is -3.16. The Balaban J connectivity index is 0.000000223. The van der Waals surface area contributed by atoms with Crippen LogP contribution < -0.4 is 5.19 Å². The smallest absolute Gasteiger partial charge is 0.305 e. The zero-order valence-corrected chi connectivity index (χ0v) is 28.6. The Morgan fingerprint density at radius 1 is 0.860 bits per heavy atom. The zero-order valence-electron chi connectivity index (χ0n) is 25.4. The van der Waals surface area contributed by atoms with Crippen LogP contribution in [-0.4, -0.2) is 18.0 Å². The number of thiophene rings is 1. The summed E-state index contributed by atoms with van der Waals surface area (Å²) < 4.78 is 48.8. The summed E-state index contributed by atoms with van der Waals surface area (Å²) >= 11 is 1.31. The van der Waals surface area contributed by atoms with E-state index in [4.69, 9.17) is 1.37 Å². The van der Waals surface area contributed by atoms with Gasteiger partial charge in [-0.2, -0.15) is 24.5 Å². The number of nitrogens with zero attached hydrogens (tertiary/aromatic N) is 2. The molecule has 3 aromatic carbocycles. The molecule has 0 fully saturated rings. The number of rotatable bonds is 4. The van der Waals surface area contributed by atoms with E-state index >= 15 is 0 Å². The second kappa shape index (κ2) is 13.2. The maximum absolute atomic E-state index is 13.0. The number of aromatic nitrogens is 2. The number of benzene rings is 3. The maximum atomic E-state index is 13.0. The molecule has 6 aromatic rings. The van der Waals surface area contributed by atoms with Crippen molar-refractivity contribution >= 4 is 44.8 Å². The summed E-state index contributed by atoms with van der Waals surface area (Å²) in [5.74, 6) is -0.770. The SMILES string of the molecule is C[Si](C)(C)c1ccc(-c2[c-]cccc2)nc1.[2H]C(C)(C)c1ccnc(-c2[c-]ccc3c2sc2cc(C(F)(F)F)ccc23)c1.[Ir]. The van der Waals surface area contributed by atoms with Gasteiger partial charge in [0.15, 0.2) is 0 Å². The van der Waals surface area contributed by atoms with E-state index in [0.29, 0.717) is 10.4 Å². The Labute approximate surface area is 270 Å². The molecule has 8 heteroatoms. The van der Waals surface area contributed by atoms with Crippen LogP contribution in [0.4, 0.5) is 13.2 Å². The zero-order chi connectivity index (χ0) is 31.0. The van der Waals surface area contributed by atoms with Gasteiger partial charge in [-0.05, 0) is 50.8 Å². The summed E-state index contributed by atoms with van der Waals surface area (Å²) in [7, 11) is -1.23. The molecule has 0 aliphatic heterocycles. The van der Waals surface area contributed by atoms with Gasteiger partial charge in [0, 0.05) is 38.6 Å². The van der Waals surface area contributed by atoms with Crippen LogP contribution in [0.5, 0.6) is 0 Å². The van der Waals surface area contributed by atoms with E-state index < -0.39 is 25.7 Å². The van der Waals surface area contributed by atoms with Gasteiger partial charge < -0.3 is 9.97 Å². The van der Waals surface area contributed by atoms with Gasteiger partial charge >= 0.3 is 6.18 Å². The standard InChI is InChI=1S/C21H15F3NS.C14H16NSi.Ir/c1-12(2)13-8-9-25-18(10-13)17-5-3-4-16-15-7-6-14(21(22,23)24)11-19(15)26-20(16)17;1-16(2,3)13-9-10-14(15-11-13)12-7-5-4-6-8-12;/h3-4,6-12H,1-2H3;4-7,9-11H,1-3H3;/q2*-1;/i12D;;.